The number of hydroxylamine groups is 1. The third-order valence-electron chi connectivity index (χ3n) is 4.58. The Morgan fingerprint density at radius 3 is 2.43 bits per heavy atom. The monoisotopic (exact) mass is 380 g/mol. The second-order valence-corrected chi connectivity index (χ2v) is 7.07. The van der Waals surface area contributed by atoms with Crippen molar-refractivity contribution in [2.24, 2.45) is 5.92 Å². The van der Waals surface area contributed by atoms with Crippen LogP contribution in [0.4, 0.5) is 0 Å². The molecular weight excluding hydrogens is 354 g/mol. The lowest BCUT2D eigenvalue weighted by atomic mass is 9.97. The summed E-state index contributed by atoms with van der Waals surface area (Å²) in [5, 5.41) is 10.9. The Labute approximate surface area is 165 Å². The van der Waals surface area contributed by atoms with E-state index in [1.165, 1.54) is 0 Å². The molecule has 0 aromatic heterocycles. The molecule has 0 atom stereocenters. The van der Waals surface area contributed by atoms with Crippen LogP contribution in [0, 0.1) is 5.92 Å². The molecule has 0 unspecified atom stereocenters. The highest BCUT2D eigenvalue weighted by Crippen LogP contribution is 2.40. The Bertz CT molecular complexity index is 942. The topological polar surface area (TPSA) is 58.8 Å². The molecule has 0 radical (unpaired) electrons. The number of hydrogen-bond acceptors (Lipinski definition) is 4. The molecule has 28 heavy (non-hydrogen) atoms. The van der Waals surface area contributed by atoms with Gasteiger partial charge in [-0.2, -0.15) is 0 Å². The molecule has 1 aliphatic carbocycles. The zero-order valence-electron chi connectivity index (χ0n) is 16.7. The van der Waals surface area contributed by atoms with E-state index in [1.54, 1.807) is 14.0 Å². The summed E-state index contributed by atoms with van der Waals surface area (Å²) in [5.74, 6) is 0.414. The quantitative estimate of drug-likeness (QED) is 0.357. The molecule has 0 amide bonds. The maximum Gasteiger partial charge on any atom is 0.345 e. The molecule has 146 valence electrons. The molecule has 5 heteroatoms. The fraction of sp³-hybridized carbons (Fsp3) is 0.304. The van der Waals surface area contributed by atoms with Gasteiger partial charge in [0.1, 0.15) is 11.3 Å². The van der Waals surface area contributed by atoms with Gasteiger partial charge in [-0.15, -0.1) is 0 Å². The molecule has 0 saturated heterocycles. The number of rotatable bonds is 6. The van der Waals surface area contributed by atoms with E-state index in [0.717, 1.165) is 27.0 Å². The Kier molecular flexibility index (Phi) is 5.83. The van der Waals surface area contributed by atoms with Crippen LogP contribution >= 0.6 is 0 Å². The fourth-order valence-corrected chi connectivity index (χ4v) is 3.46. The minimum Gasteiger partial charge on any atom is -0.497 e. The normalized spacial score (nSPS) is 14.9. The van der Waals surface area contributed by atoms with Crippen molar-refractivity contribution in [2.45, 2.75) is 20.8 Å². The van der Waals surface area contributed by atoms with Crippen molar-refractivity contribution >= 4 is 17.3 Å². The van der Waals surface area contributed by atoms with Crippen LogP contribution in [0.5, 0.6) is 5.75 Å². The number of methoxy groups -OCH3 is 1. The van der Waals surface area contributed by atoms with Gasteiger partial charge in [-0.25, -0.2) is 4.79 Å². The van der Waals surface area contributed by atoms with Crippen LogP contribution in [0.1, 0.15) is 37.5 Å². The number of ether oxygens (including phenoxy) is 2. The Balaban J connectivity index is 2.35. The first-order valence-corrected chi connectivity index (χ1v) is 9.47. The number of benzene rings is 2. The summed E-state index contributed by atoms with van der Waals surface area (Å²) in [6.07, 6.45) is 0. The van der Waals surface area contributed by atoms with Crippen molar-refractivity contribution < 1.29 is 24.2 Å². The summed E-state index contributed by atoms with van der Waals surface area (Å²) in [7, 11) is 1.60. The standard InChI is InChI=1S/C23H26NO4/c1-5-28-23(25)21-20(16-9-7-6-8-10-16)18-12-11-17(27-4)13-19(18)22(21)24(26)14-15(2)3/h6-13,15,26H,5,14H2,1-4H3/q+1. The maximum absolute atomic E-state index is 13.0. The average molecular weight is 380 g/mol. The lowest BCUT2D eigenvalue weighted by molar-refractivity contribution is -0.776. The Hall–Kier alpha value is -3.08. The van der Waals surface area contributed by atoms with Gasteiger partial charge in [0, 0.05) is 11.5 Å². The summed E-state index contributed by atoms with van der Waals surface area (Å²) in [6.45, 7) is 6.44. The third-order valence-corrected chi connectivity index (χ3v) is 4.58. The predicted octanol–water partition coefficient (Wildman–Crippen LogP) is 3.92. The van der Waals surface area contributed by atoms with Crippen LogP contribution in [-0.2, 0) is 9.53 Å². The minimum atomic E-state index is -0.450. The third kappa shape index (κ3) is 3.65. The van der Waals surface area contributed by atoms with Gasteiger partial charge in [-0.3, -0.25) is 5.21 Å². The highest BCUT2D eigenvalue weighted by molar-refractivity contribution is 6.35. The Morgan fingerprint density at radius 2 is 1.82 bits per heavy atom. The second-order valence-electron chi connectivity index (χ2n) is 7.07. The lowest BCUT2D eigenvalue weighted by Crippen LogP contribution is -2.27. The molecule has 0 heterocycles. The van der Waals surface area contributed by atoms with Crippen LogP contribution in [0.3, 0.4) is 0 Å². The molecule has 0 bridgehead atoms. The van der Waals surface area contributed by atoms with Crippen molar-refractivity contribution in [3.05, 3.63) is 70.8 Å². The highest BCUT2D eigenvalue weighted by Gasteiger charge is 2.41. The largest absolute Gasteiger partial charge is 0.497 e. The van der Waals surface area contributed by atoms with Crippen molar-refractivity contribution in [3.8, 4) is 5.75 Å². The number of carbonyl (C=O) groups excluding carboxylic acids is 1. The van der Waals surface area contributed by atoms with E-state index in [2.05, 4.69) is 0 Å². The van der Waals surface area contributed by atoms with Gasteiger partial charge in [0.2, 0.25) is 0 Å². The van der Waals surface area contributed by atoms with Crippen molar-refractivity contribution in [1.29, 1.82) is 0 Å². The molecule has 0 spiro atoms. The van der Waals surface area contributed by atoms with E-state index in [4.69, 9.17) is 9.47 Å². The van der Waals surface area contributed by atoms with Gasteiger partial charge in [0.25, 0.3) is 5.71 Å². The molecule has 2 aromatic carbocycles. The van der Waals surface area contributed by atoms with Crippen molar-refractivity contribution in [3.63, 3.8) is 0 Å². The van der Waals surface area contributed by atoms with Crippen LogP contribution in [0.2, 0.25) is 0 Å². The molecule has 0 aliphatic heterocycles. The minimum absolute atomic E-state index is 0.204. The molecule has 3 rings (SSSR count). The van der Waals surface area contributed by atoms with E-state index in [1.807, 2.05) is 62.4 Å². The van der Waals surface area contributed by atoms with Crippen molar-refractivity contribution in [2.75, 3.05) is 20.3 Å². The maximum atomic E-state index is 13.0. The molecule has 0 saturated carbocycles. The smallest absolute Gasteiger partial charge is 0.345 e. The van der Waals surface area contributed by atoms with E-state index in [-0.39, 0.29) is 12.5 Å². The summed E-state index contributed by atoms with van der Waals surface area (Å²) >= 11 is 0. The summed E-state index contributed by atoms with van der Waals surface area (Å²) in [4.78, 5) is 13.0. The fourth-order valence-electron chi connectivity index (χ4n) is 3.46. The molecule has 0 fully saturated rings. The second kappa shape index (κ2) is 8.30. The first-order valence-electron chi connectivity index (χ1n) is 9.47. The van der Waals surface area contributed by atoms with Gasteiger partial charge >= 0.3 is 5.97 Å². The first kappa shape index (κ1) is 19.7. The van der Waals surface area contributed by atoms with Crippen LogP contribution < -0.4 is 4.74 Å². The van der Waals surface area contributed by atoms with E-state index >= 15 is 0 Å². The van der Waals surface area contributed by atoms with Crippen LogP contribution in [0.25, 0.3) is 5.57 Å². The highest BCUT2D eigenvalue weighted by atomic mass is 16.5. The van der Waals surface area contributed by atoms with E-state index in [0.29, 0.717) is 23.6 Å². The molecule has 5 nitrogen and oxygen atoms in total. The SMILES string of the molecule is CCOC(=O)C1=C(c2ccccc2)c2ccc(OC)cc2C1=[N+](O)CC(C)C. The van der Waals surface area contributed by atoms with Gasteiger partial charge in [-0.05, 0) is 41.0 Å². The number of hydrogen-bond donors (Lipinski definition) is 1. The number of carbonyl (C=O) groups is 1. The Morgan fingerprint density at radius 1 is 1.11 bits per heavy atom. The number of fused-ring (bicyclic) bond motifs is 1. The van der Waals surface area contributed by atoms with E-state index in [9.17, 15) is 10.0 Å². The number of esters is 1. The molecule has 2 aromatic rings. The summed E-state index contributed by atoms with van der Waals surface area (Å²) in [5.41, 5.74) is 4.11. The zero-order chi connectivity index (χ0) is 20.3. The summed E-state index contributed by atoms with van der Waals surface area (Å²) < 4.78 is 11.9. The predicted molar refractivity (Wildman–Crippen MR) is 108 cm³/mol. The zero-order valence-corrected chi connectivity index (χ0v) is 16.7. The first-order chi connectivity index (χ1) is 13.5. The van der Waals surface area contributed by atoms with Crippen LogP contribution in [-0.4, -0.2) is 41.9 Å². The lowest BCUT2D eigenvalue weighted by Gasteiger charge is -2.08. The van der Waals surface area contributed by atoms with Crippen LogP contribution in [0.15, 0.2) is 54.1 Å². The van der Waals surface area contributed by atoms with Gasteiger partial charge in [0.05, 0.1) is 19.3 Å². The van der Waals surface area contributed by atoms with Gasteiger partial charge in [0.15, 0.2) is 6.54 Å². The molecule has 1 N–H and O–H groups in total. The molecular formula is C23H26NO4+. The average Bonchev–Trinajstić information content (AvgIpc) is 3.02. The number of nitrogens with zero attached hydrogens (tertiary/aromatic N) is 1. The van der Waals surface area contributed by atoms with E-state index < -0.39 is 5.97 Å². The van der Waals surface area contributed by atoms with Crippen molar-refractivity contribution in [1.82, 2.24) is 0 Å². The molecule has 1 aliphatic rings. The summed E-state index contributed by atoms with van der Waals surface area (Å²) in [6, 6.07) is 15.3. The van der Waals surface area contributed by atoms with Gasteiger partial charge in [-0.1, -0.05) is 44.2 Å². The van der Waals surface area contributed by atoms with Gasteiger partial charge < -0.3 is 9.47 Å².